The van der Waals surface area contributed by atoms with Crippen LogP contribution in [0.1, 0.15) is 13.8 Å². The van der Waals surface area contributed by atoms with E-state index >= 15 is 0 Å². The molecule has 0 aliphatic rings. The predicted octanol–water partition coefficient (Wildman–Crippen LogP) is 2.67. The summed E-state index contributed by atoms with van der Waals surface area (Å²) in [6, 6.07) is 7.42. The Bertz CT molecular complexity index is 1280. The number of carbonyl (C=O) groups excluding carboxylic acids is 2. The maximum Gasteiger partial charge on any atom is 0.409 e. The fourth-order valence-corrected chi connectivity index (χ4v) is 4.48. The van der Waals surface area contributed by atoms with Crippen LogP contribution in [-0.4, -0.2) is 65.1 Å². The SMILES string of the molecule is COc1ccc(Sc2nc(N)nc3c2ncn3CCOCP(=O)(OOCOC(C)=O)OOCOC(C)=O)cc1. The molecule has 212 valence electrons. The Hall–Kier alpha value is -3.31. The van der Waals surface area contributed by atoms with E-state index in [9.17, 15) is 14.2 Å². The second-order valence-electron chi connectivity index (χ2n) is 7.32. The Morgan fingerprint density at radius 2 is 1.67 bits per heavy atom. The van der Waals surface area contributed by atoms with Crippen LogP contribution in [0.25, 0.3) is 11.2 Å². The molecular formula is C21H26N5O11PS. The Kier molecular flexibility index (Phi) is 11.4. The van der Waals surface area contributed by atoms with Crippen molar-refractivity contribution in [1.29, 1.82) is 0 Å². The van der Waals surface area contributed by atoms with Gasteiger partial charge in [-0.05, 0) is 24.3 Å². The summed E-state index contributed by atoms with van der Waals surface area (Å²) in [5, 5.41) is 0.559. The predicted molar refractivity (Wildman–Crippen MR) is 133 cm³/mol. The number of ether oxygens (including phenoxy) is 4. The van der Waals surface area contributed by atoms with Crippen molar-refractivity contribution in [3.63, 3.8) is 0 Å². The Morgan fingerprint density at radius 3 is 2.26 bits per heavy atom. The van der Waals surface area contributed by atoms with Crippen LogP contribution >= 0.6 is 19.4 Å². The zero-order valence-electron chi connectivity index (χ0n) is 21.1. The van der Waals surface area contributed by atoms with Gasteiger partial charge in [-0.1, -0.05) is 11.8 Å². The summed E-state index contributed by atoms with van der Waals surface area (Å²) in [4.78, 5) is 44.7. The summed E-state index contributed by atoms with van der Waals surface area (Å²) in [5.41, 5.74) is 6.92. The van der Waals surface area contributed by atoms with Crippen molar-refractivity contribution in [2.24, 2.45) is 0 Å². The first-order valence-electron chi connectivity index (χ1n) is 11.1. The zero-order chi connectivity index (χ0) is 28.3. The molecule has 0 aliphatic heterocycles. The Labute approximate surface area is 226 Å². The fourth-order valence-electron chi connectivity index (χ4n) is 2.74. The van der Waals surface area contributed by atoms with E-state index in [0.717, 1.165) is 24.5 Å². The van der Waals surface area contributed by atoms with Gasteiger partial charge in [0.05, 0.1) is 20.0 Å². The standard InChI is InChI=1S/C21H26N5O11PS/c1-14(27)32-11-34-36-38(29,37-35-12-33-15(2)28)13-31-9-8-26-10-23-18-19(26)24-21(22)25-20(18)39-17-6-4-16(30-3)5-7-17/h4-7,10H,8-9,11-13H2,1-3H3,(H2,22,24,25). The molecule has 0 saturated heterocycles. The average molecular weight is 588 g/mol. The van der Waals surface area contributed by atoms with Crippen LogP contribution in [0.2, 0.25) is 0 Å². The first-order chi connectivity index (χ1) is 18.7. The molecule has 0 saturated carbocycles. The first kappa shape index (κ1) is 30.2. The molecule has 2 aromatic heterocycles. The molecule has 1 aromatic carbocycles. The normalized spacial score (nSPS) is 11.5. The molecule has 0 unspecified atom stereocenters. The quantitative estimate of drug-likeness (QED) is 0.0488. The highest BCUT2D eigenvalue weighted by Crippen LogP contribution is 2.48. The van der Waals surface area contributed by atoms with Crippen molar-refractivity contribution in [1.82, 2.24) is 19.5 Å². The highest BCUT2D eigenvalue weighted by molar-refractivity contribution is 7.99. The van der Waals surface area contributed by atoms with Gasteiger partial charge in [0.2, 0.25) is 19.5 Å². The highest BCUT2D eigenvalue weighted by Gasteiger charge is 2.29. The van der Waals surface area contributed by atoms with Crippen molar-refractivity contribution in [3.8, 4) is 5.75 Å². The van der Waals surface area contributed by atoms with Crippen LogP contribution in [0.3, 0.4) is 0 Å². The van der Waals surface area contributed by atoms with E-state index in [1.54, 1.807) is 11.7 Å². The van der Waals surface area contributed by atoms with Gasteiger partial charge < -0.3 is 29.2 Å². The molecule has 0 spiro atoms. The van der Waals surface area contributed by atoms with Gasteiger partial charge in [-0.15, -0.1) is 9.35 Å². The number of hydrogen-bond acceptors (Lipinski definition) is 16. The minimum Gasteiger partial charge on any atom is -0.497 e. The minimum absolute atomic E-state index is 0.000918. The van der Waals surface area contributed by atoms with Crippen LogP contribution in [-0.2, 0) is 54.0 Å². The maximum absolute atomic E-state index is 12.8. The van der Waals surface area contributed by atoms with Crippen LogP contribution in [0, 0.1) is 0 Å². The van der Waals surface area contributed by atoms with Crippen molar-refractivity contribution in [3.05, 3.63) is 30.6 Å². The molecule has 0 amide bonds. The molecule has 2 N–H and O–H groups in total. The van der Waals surface area contributed by atoms with Crippen molar-refractivity contribution in [2.45, 2.75) is 30.3 Å². The van der Waals surface area contributed by atoms with Crippen LogP contribution < -0.4 is 10.5 Å². The molecule has 0 fully saturated rings. The average Bonchev–Trinajstić information content (AvgIpc) is 3.30. The monoisotopic (exact) mass is 587 g/mol. The molecule has 0 aliphatic carbocycles. The van der Waals surface area contributed by atoms with E-state index in [0.29, 0.717) is 16.2 Å². The molecule has 16 nitrogen and oxygen atoms in total. The number of fused-ring (bicyclic) bond motifs is 1. The molecule has 3 aromatic rings. The van der Waals surface area contributed by atoms with Gasteiger partial charge in [0.15, 0.2) is 12.0 Å². The molecule has 0 atom stereocenters. The number of carbonyl (C=O) groups is 2. The molecule has 0 radical (unpaired) electrons. The van der Waals surface area contributed by atoms with Gasteiger partial charge in [0.25, 0.3) is 0 Å². The Morgan fingerprint density at radius 1 is 1.03 bits per heavy atom. The molecule has 2 heterocycles. The smallest absolute Gasteiger partial charge is 0.409 e. The number of hydrogen-bond donors (Lipinski definition) is 1. The number of esters is 2. The van der Waals surface area contributed by atoms with Crippen molar-refractivity contribution < 1.29 is 52.2 Å². The van der Waals surface area contributed by atoms with Gasteiger partial charge in [0.1, 0.15) is 16.3 Å². The Balaban J connectivity index is 1.60. The van der Waals surface area contributed by atoms with Gasteiger partial charge >= 0.3 is 19.5 Å². The topological polar surface area (TPSA) is 195 Å². The maximum atomic E-state index is 12.8. The summed E-state index contributed by atoms with van der Waals surface area (Å²) in [6.07, 6.45) is 0.909. The fraction of sp³-hybridized carbons (Fsp3) is 0.381. The number of imidazole rings is 1. The largest absolute Gasteiger partial charge is 0.497 e. The third-order valence-electron chi connectivity index (χ3n) is 4.40. The molecule has 39 heavy (non-hydrogen) atoms. The number of aromatic nitrogens is 4. The lowest BCUT2D eigenvalue weighted by molar-refractivity contribution is -0.309. The number of anilines is 1. The lowest BCUT2D eigenvalue weighted by atomic mass is 10.3. The summed E-state index contributed by atoms with van der Waals surface area (Å²) in [7, 11) is -2.60. The van der Waals surface area contributed by atoms with E-state index in [2.05, 4.69) is 34.2 Å². The van der Waals surface area contributed by atoms with Crippen molar-refractivity contribution >= 4 is 48.4 Å². The number of rotatable bonds is 16. The van der Waals surface area contributed by atoms with E-state index < -0.39 is 39.5 Å². The lowest BCUT2D eigenvalue weighted by Crippen LogP contribution is -2.12. The number of nitrogens with zero attached hydrogens (tertiary/aromatic N) is 4. The molecule has 3 rings (SSSR count). The first-order valence-corrected chi connectivity index (χ1v) is 13.6. The number of nitrogen functional groups attached to an aromatic ring is 1. The van der Waals surface area contributed by atoms with Crippen LogP contribution in [0.5, 0.6) is 5.75 Å². The number of methoxy groups -OCH3 is 1. The summed E-state index contributed by atoms with van der Waals surface area (Å²) in [5.74, 6) is -0.524. The third-order valence-corrected chi connectivity index (χ3v) is 6.55. The van der Waals surface area contributed by atoms with E-state index in [4.69, 9.17) is 24.6 Å². The van der Waals surface area contributed by atoms with E-state index in [1.165, 1.54) is 18.1 Å². The van der Waals surface area contributed by atoms with Crippen LogP contribution in [0.4, 0.5) is 5.95 Å². The van der Waals surface area contributed by atoms with Gasteiger partial charge in [-0.25, -0.2) is 9.97 Å². The van der Waals surface area contributed by atoms with Crippen LogP contribution in [0.15, 0.2) is 40.5 Å². The third kappa shape index (κ3) is 9.74. The zero-order valence-corrected chi connectivity index (χ0v) is 22.8. The minimum atomic E-state index is -4.19. The second-order valence-corrected chi connectivity index (χ2v) is 10.2. The van der Waals surface area contributed by atoms with Gasteiger partial charge in [0, 0.05) is 25.3 Å². The number of benzene rings is 1. The number of nitrogens with two attached hydrogens (primary N) is 1. The van der Waals surface area contributed by atoms with E-state index in [1.807, 2.05) is 24.3 Å². The molecule has 0 bridgehead atoms. The van der Waals surface area contributed by atoms with Gasteiger partial charge in [-0.2, -0.15) is 14.8 Å². The van der Waals surface area contributed by atoms with E-state index in [-0.39, 0.29) is 19.1 Å². The lowest BCUT2D eigenvalue weighted by Gasteiger charge is -2.16. The van der Waals surface area contributed by atoms with Crippen molar-refractivity contribution in [2.75, 3.05) is 39.4 Å². The molecule has 18 heteroatoms. The molecular weight excluding hydrogens is 561 g/mol. The van der Waals surface area contributed by atoms with Gasteiger partial charge in [-0.3, -0.25) is 14.2 Å². The summed E-state index contributed by atoms with van der Waals surface area (Å²) < 4.78 is 43.5. The highest BCUT2D eigenvalue weighted by atomic mass is 32.2. The second kappa shape index (κ2) is 14.7. The summed E-state index contributed by atoms with van der Waals surface area (Å²) in [6.45, 7) is 1.19. The summed E-state index contributed by atoms with van der Waals surface area (Å²) >= 11 is 1.36.